The minimum Gasteiger partial charge on any atom is -0.338 e. The standard InChI is InChI=1S/C22H31ClN2O2/c1-22(2,3)13-20(26)24-17-8-9-18(19(23)12-17)21(27)25-11-10-15-6-4-5-7-16(15)14-25/h8-9,12,15-16H,4-7,10-11,13-14H2,1-3H3,(H,24,26)/t15-,16+/m1/s1. The normalized spacial score (nSPS) is 22.9. The molecule has 1 saturated heterocycles. The molecule has 2 fully saturated rings. The lowest BCUT2D eigenvalue weighted by Gasteiger charge is -2.41. The summed E-state index contributed by atoms with van der Waals surface area (Å²) in [7, 11) is 0. The van der Waals surface area contributed by atoms with Gasteiger partial charge in [-0.1, -0.05) is 51.6 Å². The fourth-order valence-corrected chi connectivity index (χ4v) is 4.67. The van der Waals surface area contributed by atoms with Crippen LogP contribution in [0.1, 0.15) is 69.7 Å². The van der Waals surface area contributed by atoms with Crippen molar-refractivity contribution in [1.29, 1.82) is 0 Å². The van der Waals surface area contributed by atoms with E-state index in [-0.39, 0.29) is 17.2 Å². The van der Waals surface area contributed by atoms with Crippen molar-refractivity contribution in [3.8, 4) is 0 Å². The topological polar surface area (TPSA) is 49.4 Å². The van der Waals surface area contributed by atoms with Crippen molar-refractivity contribution in [3.63, 3.8) is 0 Å². The predicted octanol–water partition coefficient (Wildman–Crippen LogP) is 5.37. The van der Waals surface area contributed by atoms with Gasteiger partial charge in [-0.3, -0.25) is 9.59 Å². The lowest BCUT2D eigenvalue weighted by atomic mass is 9.75. The van der Waals surface area contributed by atoms with Gasteiger partial charge in [-0.15, -0.1) is 0 Å². The van der Waals surface area contributed by atoms with Gasteiger partial charge in [0.2, 0.25) is 5.91 Å². The van der Waals surface area contributed by atoms with E-state index in [2.05, 4.69) is 5.32 Å². The number of likely N-dealkylation sites (tertiary alicyclic amines) is 1. The molecule has 3 rings (SSSR count). The minimum atomic E-state index is -0.0744. The molecule has 0 radical (unpaired) electrons. The van der Waals surface area contributed by atoms with Crippen LogP contribution in [0.15, 0.2) is 18.2 Å². The Kier molecular flexibility index (Phi) is 6.15. The van der Waals surface area contributed by atoms with E-state index in [1.165, 1.54) is 25.7 Å². The molecule has 0 bridgehead atoms. The number of fused-ring (bicyclic) bond motifs is 1. The number of hydrogen-bond donors (Lipinski definition) is 1. The zero-order valence-electron chi connectivity index (χ0n) is 16.7. The average Bonchev–Trinajstić information content (AvgIpc) is 2.59. The van der Waals surface area contributed by atoms with E-state index in [1.807, 2.05) is 25.7 Å². The molecule has 1 N–H and O–H groups in total. The van der Waals surface area contributed by atoms with Crippen molar-refractivity contribution in [2.24, 2.45) is 17.3 Å². The lowest BCUT2D eigenvalue weighted by molar-refractivity contribution is -0.117. The summed E-state index contributed by atoms with van der Waals surface area (Å²) in [6, 6.07) is 5.19. The molecular formula is C22H31ClN2O2. The first kappa shape index (κ1) is 20.2. The van der Waals surface area contributed by atoms with Crippen molar-refractivity contribution in [3.05, 3.63) is 28.8 Å². The maximum atomic E-state index is 13.0. The number of anilines is 1. The van der Waals surface area contributed by atoms with Crippen molar-refractivity contribution < 1.29 is 9.59 Å². The van der Waals surface area contributed by atoms with Crippen LogP contribution in [0.3, 0.4) is 0 Å². The Bertz CT molecular complexity index is 711. The maximum absolute atomic E-state index is 13.0. The summed E-state index contributed by atoms with van der Waals surface area (Å²) in [4.78, 5) is 27.0. The molecular weight excluding hydrogens is 360 g/mol. The molecule has 5 heteroatoms. The van der Waals surface area contributed by atoms with E-state index >= 15 is 0 Å². The number of hydrogen-bond acceptors (Lipinski definition) is 2. The fourth-order valence-electron chi connectivity index (χ4n) is 4.41. The van der Waals surface area contributed by atoms with Crippen LogP contribution in [0.5, 0.6) is 0 Å². The zero-order chi connectivity index (χ0) is 19.6. The molecule has 0 spiro atoms. The minimum absolute atomic E-state index is 0.0107. The highest BCUT2D eigenvalue weighted by Crippen LogP contribution is 2.37. The van der Waals surface area contributed by atoms with E-state index < -0.39 is 0 Å². The maximum Gasteiger partial charge on any atom is 0.255 e. The van der Waals surface area contributed by atoms with Gasteiger partial charge in [0, 0.05) is 25.2 Å². The van der Waals surface area contributed by atoms with Crippen LogP contribution in [-0.4, -0.2) is 29.8 Å². The number of halogens is 1. The Morgan fingerprint density at radius 2 is 1.85 bits per heavy atom. The highest BCUT2D eigenvalue weighted by Gasteiger charge is 2.33. The second kappa shape index (κ2) is 8.22. The third-order valence-corrected chi connectivity index (χ3v) is 6.07. The van der Waals surface area contributed by atoms with Gasteiger partial charge in [0.05, 0.1) is 10.6 Å². The quantitative estimate of drug-likeness (QED) is 0.754. The predicted molar refractivity (Wildman–Crippen MR) is 110 cm³/mol. The number of nitrogens with zero attached hydrogens (tertiary/aromatic N) is 1. The molecule has 2 atom stereocenters. The Morgan fingerprint density at radius 1 is 1.15 bits per heavy atom. The summed E-state index contributed by atoms with van der Waals surface area (Å²) in [6.07, 6.45) is 6.71. The SMILES string of the molecule is CC(C)(C)CC(=O)Nc1ccc(C(=O)N2CC[C@H]3CCCC[C@H]3C2)c(Cl)c1. The van der Waals surface area contributed by atoms with Crippen LogP contribution in [-0.2, 0) is 4.79 Å². The highest BCUT2D eigenvalue weighted by atomic mass is 35.5. The van der Waals surface area contributed by atoms with Crippen LogP contribution >= 0.6 is 11.6 Å². The first-order valence-corrected chi connectivity index (χ1v) is 10.5. The molecule has 2 aliphatic rings. The van der Waals surface area contributed by atoms with E-state index in [4.69, 9.17) is 11.6 Å². The number of piperidine rings is 1. The van der Waals surface area contributed by atoms with E-state index in [1.54, 1.807) is 18.2 Å². The molecule has 0 unspecified atom stereocenters. The Morgan fingerprint density at radius 3 is 2.52 bits per heavy atom. The van der Waals surface area contributed by atoms with Gasteiger partial charge in [-0.25, -0.2) is 0 Å². The number of carbonyl (C=O) groups is 2. The summed E-state index contributed by atoms with van der Waals surface area (Å²) in [5, 5.41) is 3.28. The Hall–Kier alpha value is -1.55. The van der Waals surface area contributed by atoms with Gasteiger partial charge >= 0.3 is 0 Å². The fraction of sp³-hybridized carbons (Fsp3) is 0.636. The first-order chi connectivity index (χ1) is 12.7. The molecule has 4 nitrogen and oxygen atoms in total. The van der Waals surface area contributed by atoms with Gasteiger partial charge in [0.25, 0.3) is 5.91 Å². The summed E-state index contributed by atoms with van der Waals surface area (Å²) in [5.41, 5.74) is 1.09. The van der Waals surface area contributed by atoms with Crippen LogP contribution in [0.2, 0.25) is 5.02 Å². The lowest BCUT2D eigenvalue weighted by Crippen LogP contribution is -2.44. The van der Waals surface area contributed by atoms with Gasteiger partial charge < -0.3 is 10.2 Å². The molecule has 0 aromatic heterocycles. The number of amides is 2. The molecule has 148 valence electrons. The number of nitrogens with one attached hydrogen (secondary N) is 1. The van der Waals surface area contributed by atoms with Crippen molar-refractivity contribution >= 4 is 29.1 Å². The second-order valence-electron chi connectivity index (χ2n) is 9.32. The molecule has 1 saturated carbocycles. The molecule has 1 aromatic carbocycles. The van der Waals surface area contributed by atoms with Crippen molar-refractivity contribution in [2.45, 2.75) is 59.3 Å². The number of carbonyl (C=O) groups excluding carboxylic acids is 2. The second-order valence-corrected chi connectivity index (χ2v) is 9.73. The van der Waals surface area contributed by atoms with E-state index in [0.717, 1.165) is 25.4 Å². The summed E-state index contributed by atoms with van der Waals surface area (Å²) in [6.45, 7) is 7.74. The molecule has 2 amide bonds. The van der Waals surface area contributed by atoms with Crippen LogP contribution < -0.4 is 5.32 Å². The third kappa shape index (κ3) is 5.25. The van der Waals surface area contributed by atoms with E-state index in [0.29, 0.717) is 28.6 Å². The molecule has 1 heterocycles. The highest BCUT2D eigenvalue weighted by molar-refractivity contribution is 6.34. The van der Waals surface area contributed by atoms with Gasteiger partial charge in [-0.2, -0.15) is 0 Å². The smallest absolute Gasteiger partial charge is 0.255 e. The average molecular weight is 391 g/mol. The van der Waals surface area contributed by atoms with Crippen molar-refractivity contribution in [2.75, 3.05) is 18.4 Å². The van der Waals surface area contributed by atoms with Crippen LogP contribution in [0.4, 0.5) is 5.69 Å². The van der Waals surface area contributed by atoms with Crippen molar-refractivity contribution in [1.82, 2.24) is 4.90 Å². The molecule has 1 aliphatic heterocycles. The van der Waals surface area contributed by atoms with Gasteiger partial charge in [0.1, 0.15) is 0 Å². The van der Waals surface area contributed by atoms with Crippen LogP contribution in [0, 0.1) is 17.3 Å². The molecule has 1 aliphatic carbocycles. The summed E-state index contributed by atoms with van der Waals surface area (Å²) >= 11 is 6.40. The van der Waals surface area contributed by atoms with Gasteiger partial charge in [0.15, 0.2) is 0 Å². The third-order valence-electron chi connectivity index (χ3n) is 5.75. The van der Waals surface area contributed by atoms with Gasteiger partial charge in [-0.05, 0) is 48.3 Å². The Balaban J connectivity index is 1.64. The number of rotatable bonds is 3. The number of benzene rings is 1. The summed E-state index contributed by atoms with van der Waals surface area (Å²) in [5.74, 6) is 1.40. The largest absolute Gasteiger partial charge is 0.338 e. The zero-order valence-corrected chi connectivity index (χ0v) is 17.4. The molecule has 27 heavy (non-hydrogen) atoms. The monoisotopic (exact) mass is 390 g/mol. The molecule has 1 aromatic rings. The van der Waals surface area contributed by atoms with Crippen LogP contribution in [0.25, 0.3) is 0 Å². The Labute approximate surface area is 167 Å². The van der Waals surface area contributed by atoms with E-state index in [9.17, 15) is 9.59 Å². The summed E-state index contributed by atoms with van der Waals surface area (Å²) < 4.78 is 0. The first-order valence-electron chi connectivity index (χ1n) is 10.1.